The molecule has 0 atom stereocenters. The topological polar surface area (TPSA) is 60.3 Å². The van der Waals surface area contributed by atoms with Gasteiger partial charge in [0, 0.05) is 16.2 Å². The van der Waals surface area contributed by atoms with Crippen LogP contribution in [0.15, 0.2) is 95.8 Å². The minimum Gasteiger partial charge on any atom is -0.491 e. The molecular weight excluding hydrogens is 400 g/mol. The summed E-state index contributed by atoms with van der Waals surface area (Å²) >= 11 is 0. The number of ether oxygens (including phenoxy) is 1. The second-order valence-electron chi connectivity index (χ2n) is 7.63. The van der Waals surface area contributed by atoms with E-state index in [1.54, 1.807) is 12.1 Å². The molecule has 0 aliphatic rings. The summed E-state index contributed by atoms with van der Waals surface area (Å²) in [6.07, 6.45) is 0. The molecule has 158 valence electrons. The normalized spacial score (nSPS) is 11.1. The number of amides is 1. The maximum atomic E-state index is 12.8. The van der Waals surface area contributed by atoms with Gasteiger partial charge in [-0.1, -0.05) is 60.7 Å². The summed E-state index contributed by atoms with van der Waals surface area (Å²) in [4.78, 5) is 25.6. The molecule has 0 bridgehead atoms. The molecule has 1 aromatic heterocycles. The van der Waals surface area contributed by atoms with E-state index >= 15 is 0 Å². The summed E-state index contributed by atoms with van der Waals surface area (Å²) in [6.45, 7) is 0.874. The number of aromatic nitrogens is 1. The van der Waals surface area contributed by atoms with Crippen LogP contribution in [0.4, 0.5) is 0 Å². The summed E-state index contributed by atoms with van der Waals surface area (Å²) in [5, 5.41) is 6.31. The Bertz CT molecular complexity index is 1440. The van der Waals surface area contributed by atoms with Crippen LogP contribution in [0, 0.1) is 0 Å². The molecule has 1 heterocycles. The van der Waals surface area contributed by atoms with Gasteiger partial charge >= 0.3 is 0 Å². The Morgan fingerprint density at radius 3 is 2.06 bits per heavy atom. The number of hydrogen-bond acceptors (Lipinski definition) is 3. The van der Waals surface area contributed by atoms with Gasteiger partial charge in [0.15, 0.2) is 5.43 Å². The van der Waals surface area contributed by atoms with Crippen LogP contribution in [0.25, 0.3) is 32.6 Å². The van der Waals surface area contributed by atoms with E-state index in [0.29, 0.717) is 23.9 Å². The molecule has 0 fully saturated rings. The first-order chi connectivity index (χ1) is 15.7. The molecule has 0 aliphatic heterocycles. The number of pyridine rings is 1. The van der Waals surface area contributed by atoms with Gasteiger partial charge in [-0.15, -0.1) is 0 Å². The van der Waals surface area contributed by atoms with Crippen molar-refractivity contribution in [2.45, 2.75) is 6.54 Å². The van der Waals surface area contributed by atoms with Gasteiger partial charge in [0.05, 0.1) is 17.6 Å². The Kier molecular flexibility index (Phi) is 5.30. The zero-order chi connectivity index (χ0) is 21.9. The molecule has 5 heteroatoms. The fraction of sp³-hybridized carbons (Fsp3) is 0.111. The first-order valence-electron chi connectivity index (χ1n) is 10.6. The predicted octanol–water partition coefficient (Wildman–Crippen LogP) is 4.50. The van der Waals surface area contributed by atoms with Crippen LogP contribution >= 0.6 is 0 Å². The molecule has 0 spiro atoms. The second-order valence-corrected chi connectivity index (χ2v) is 7.63. The monoisotopic (exact) mass is 422 g/mol. The zero-order valence-electron chi connectivity index (χ0n) is 17.5. The highest BCUT2D eigenvalue weighted by Crippen LogP contribution is 2.25. The molecule has 0 saturated carbocycles. The molecule has 1 N–H and O–H groups in total. The number of fused-ring (bicyclic) bond motifs is 3. The van der Waals surface area contributed by atoms with Gasteiger partial charge in [-0.2, -0.15) is 0 Å². The second kappa shape index (κ2) is 8.55. The van der Waals surface area contributed by atoms with Gasteiger partial charge in [0.2, 0.25) is 5.91 Å². The molecule has 32 heavy (non-hydrogen) atoms. The lowest BCUT2D eigenvalue weighted by atomic mass is 10.1. The van der Waals surface area contributed by atoms with E-state index < -0.39 is 0 Å². The molecule has 5 rings (SSSR count). The molecule has 5 nitrogen and oxygen atoms in total. The maximum absolute atomic E-state index is 12.8. The van der Waals surface area contributed by atoms with E-state index in [1.807, 2.05) is 83.4 Å². The zero-order valence-corrected chi connectivity index (χ0v) is 17.5. The molecule has 0 saturated heterocycles. The third-order valence-corrected chi connectivity index (χ3v) is 5.61. The van der Waals surface area contributed by atoms with Crippen molar-refractivity contribution < 1.29 is 9.53 Å². The summed E-state index contributed by atoms with van der Waals surface area (Å²) in [5.41, 5.74) is 1.48. The average molecular weight is 422 g/mol. The van der Waals surface area contributed by atoms with E-state index in [9.17, 15) is 9.59 Å². The molecule has 4 aromatic carbocycles. The van der Waals surface area contributed by atoms with Crippen molar-refractivity contribution in [2.24, 2.45) is 0 Å². The number of nitrogens with zero attached hydrogens (tertiary/aromatic N) is 1. The quantitative estimate of drug-likeness (QED) is 0.324. The Morgan fingerprint density at radius 2 is 1.34 bits per heavy atom. The summed E-state index contributed by atoms with van der Waals surface area (Å²) in [6, 6.07) is 28.8. The van der Waals surface area contributed by atoms with E-state index in [4.69, 9.17) is 4.74 Å². The Hall–Kier alpha value is -4.12. The van der Waals surface area contributed by atoms with E-state index in [2.05, 4.69) is 5.32 Å². The molecule has 0 aliphatic carbocycles. The lowest BCUT2D eigenvalue weighted by Gasteiger charge is -2.15. The maximum Gasteiger partial charge on any atom is 0.240 e. The van der Waals surface area contributed by atoms with Crippen LogP contribution in [-0.2, 0) is 11.3 Å². The van der Waals surface area contributed by atoms with Crippen molar-refractivity contribution in [3.63, 3.8) is 0 Å². The van der Waals surface area contributed by atoms with Crippen molar-refractivity contribution in [1.29, 1.82) is 0 Å². The smallest absolute Gasteiger partial charge is 0.240 e. The number of carbonyl (C=O) groups excluding carboxylic acids is 1. The number of nitrogens with one attached hydrogen (secondary N) is 1. The van der Waals surface area contributed by atoms with Crippen LogP contribution in [0.1, 0.15) is 0 Å². The lowest BCUT2D eigenvalue weighted by molar-refractivity contribution is -0.121. The summed E-state index contributed by atoms with van der Waals surface area (Å²) < 4.78 is 7.81. The van der Waals surface area contributed by atoms with Gasteiger partial charge in [-0.3, -0.25) is 9.59 Å². The standard InChI is InChI=1S/C27H22N2O3/c30-26(28-16-17-32-25-15-7-9-19-8-1-2-10-20(19)25)18-29-23-13-5-3-11-21(23)27(31)22-12-4-6-14-24(22)29/h1-15H,16-18H2,(H,28,30). The van der Waals surface area contributed by atoms with E-state index in [-0.39, 0.29) is 17.9 Å². The largest absolute Gasteiger partial charge is 0.491 e. The van der Waals surface area contributed by atoms with E-state index in [0.717, 1.165) is 27.6 Å². The van der Waals surface area contributed by atoms with Crippen LogP contribution in [-0.4, -0.2) is 23.6 Å². The van der Waals surface area contributed by atoms with Crippen LogP contribution < -0.4 is 15.5 Å². The van der Waals surface area contributed by atoms with Crippen LogP contribution in [0.2, 0.25) is 0 Å². The van der Waals surface area contributed by atoms with Crippen molar-refractivity contribution in [1.82, 2.24) is 9.88 Å². The fourth-order valence-corrected chi connectivity index (χ4v) is 4.12. The average Bonchev–Trinajstić information content (AvgIpc) is 2.84. The highest BCUT2D eigenvalue weighted by Gasteiger charge is 2.12. The van der Waals surface area contributed by atoms with Crippen molar-refractivity contribution in [3.8, 4) is 5.75 Å². The molecule has 0 unspecified atom stereocenters. The highest BCUT2D eigenvalue weighted by atomic mass is 16.5. The third kappa shape index (κ3) is 3.69. The minimum atomic E-state index is -0.134. The summed E-state index contributed by atoms with van der Waals surface area (Å²) in [7, 11) is 0. The van der Waals surface area contributed by atoms with Crippen LogP contribution in [0.3, 0.4) is 0 Å². The van der Waals surface area contributed by atoms with Crippen LogP contribution in [0.5, 0.6) is 5.75 Å². The lowest BCUT2D eigenvalue weighted by Crippen LogP contribution is -2.31. The van der Waals surface area contributed by atoms with Crippen molar-refractivity contribution >= 4 is 38.5 Å². The van der Waals surface area contributed by atoms with Gasteiger partial charge < -0.3 is 14.6 Å². The molecule has 1 amide bonds. The summed E-state index contributed by atoms with van der Waals surface area (Å²) in [5.74, 6) is 0.667. The first kappa shape index (κ1) is 19.8. The van der Waals surface area contributed by atoms with E-state index in [1.165, 1.54) is 0 Å². The van der Waals surface area contributed by atoms with Gasteiger partial charge in [0.25, 0.3) is 0 Å². The van der Waals surface area contributed by atoms with Gasteiger partial charge in [0.1, 0.15) is 18.9 Å². The number of rotatable bonds is 6. The van der Waals surface area contributed by atoms with Crippen molar-refractivity contribution in [3.05, 3.63) is 101 Å². The molecule has 0 radical (unpaired) electrons. The predicted molar refractivity (Wildman–Crippen MR) is 128 cm³/mol. The SMILES string of the molecule is O=C(Cn1c2ccccc2c(=O)c2ccccc21)NCCOc1cccc2ccccc12. The van der Waals surface area contributed by atoms with Crippen molar-refractivity contribution in [2.75, 3.05) is 13.2 Å². The Morgan fingerprint density at radius 1 is 0.750 bits per heavy atom. The number of benzene rings is 4. The Labute approximate surface area is 184 Å². The minimum absolute atomic E-state index is 0.0173. The van der Waals surface area contributed by atoms with Gasteiger partial charge in [-0.25, -0.2) is 0 Å². The number of hydrogen-bond donors (Lipinski definition) is 1. The third-order valence-electron chi connectivity index (χ3n) is 5.61. The number of para-hydroxylation sites is 2. The Balaban J connectivity index is 1.31. The highest BCUT2D eigenvalue weighted by molar-refractivity contribution is 5.95. The number of carbonyl (C=O) groups is 1. The molecular formula is C27H22N2O3. The fourth-order valence-electron chi connectivity index (χ4n) is 4.12. The first-order valence-corrected chi connectivity index (χ1v) is 10.6. The van der Waals surface area contributed by atoms with Gasteiger partial charge in [-0.05, 0) is 35.7 Å². The molecule has 5 aromatic rings.